The van der Waals surface area contributed by atoms with Crippen molar-refractivity contribution >= 4 is 5.78 Å². The summed E-state index contributed by atoms with van der Waals surface area (Å²) in [5.74, 6) is -2.30. The predicted octanol–water partition coefficient (Wildman–Crippen LogP) is 4.19. The molecule has 1 aromatic rings. The number of halogens is 2. The molecule has 0 N–H and O–H groups in total. The number of benzene rings is 1. The van der Waals surface area contributed by atoms with Gasteiger partial charge in [0.15, 0.2) is 17.4 Å². The van der Waals surface area contributed by atoms with Gasteiger partial charge in [-0.1, -0.05) is 32.3 Å². The number of Topliss-reactive ketones (excluding diaryl/α,β-unsaturated/α-hetero) is 1. The maximum Gasteiger partial charge on any atom is 0.169 e. The summed E-state index contributed by atoms with van der Waals surface area (Å²) in [5.41, 5.74) is -0.130. The van der Waals surface area contributed by atoms with Crippen molar-refractivity contribution < 1.29 is 13.6 Å². The van der Waals surface area contributed by atoms with E-state index in [9.17, 15) is 13.6 Å². The molecule has 0 saturated heterocycles. The van der Waals surface area contributed by atoms with Gasteiger partial charge in [0.1, 0.15) is 0 Å². The van der Waals surface area contributed by atoms with Crippen LogP contribution in [0.2, 0.25) is 0 Å². The van der Waals surface area contributed by atoms with Crippen molar-refractivity contribution in [3.05, 3.63) is 35.4 Å². The topological polar surface area (TPSA) is 20.3 Å². The van der Waals surface area contributed by atoms with Gasteiger partial charge in [-0.3, -0.25) is 4.79 Å². The van der Waals surface area contributed by atoms with Gasteiger partial charge in [-0.15, -0.1) is 0 Å². The SMILES string of the molecule is CCN(CCC(=O)c1cccc(F)c1F)C1CCCCC1. The molecule has 0 aliphatic heterocycles. The van der Waals surface area contributed by atoms with E-state index in [1.54, 1.807) is 0 Å². The minimum Gasteiger partial charge on any atom is -0.300 e. The fourth-order valence-electron chi connectivity index (χ4n) is 3.14. The molecule has 0 spiro atoms. The molecule has 1 aliphatic rings. The number of carbonyl (C=O) groups is 1. The Hall–Kier alpha value is -1.29. The van der Waals surface area contributed by atoms with E-state index in [-0.39, 0.29) is 17.8 Å². The highest BCUT2D eigenvalue weighted by atomic mass is 19.2. The van der Waals surface area contributed by atoms with Crippen LogP contribution in [0.25, 0.3) is 0 Å². The van der Waals surface area contributed by atoms with E-state index in [2.05, 4.69) is 11.8 Å². The van der Waals surface area contributed by atoms with Crippen LogP contribution in [0.4, 0.5) is 8.78 Å². The van der Waals surface area contributed by atoms with Crippen molar-refractivity contribution in [2.24, 2.45) is 0 Å². The first-order valence-electron chi connectivity index (χ1n) is 7.84. The van der Waals surface area contributed by atoms with Crippen molar-refractivity contribution in [2.45, 2.75) is 51.5 Å². The third kappa shape index (κ3) is 4.10. The standard InChI is InChI=1S/C17H23F2NO/c1-2-20(13-7-4-3-5-8-13)12-11-16(21)14-9-6-10-15(18)17(14)19/h6,9-10,13H,2-5,7-8,11-12H2,1H3. The summed E-state index contributed by atoms with van der Waals surface area (Å²) >= 11 is 0. The quantitative estimate of drug-likeness (QED) is 0.733. The number of hydrogen-bond acceptors (Lipinski definition) is 2. The summed E-state index contributed by atoms with van der Waals surface area (Å²) in [4.78, 5) is 14.4. The van der Waals surface area contributed by atoms with E-state index in [1.807, 2.05) is 0 Å². The van der Waals surface area contributed by atoms with Crippen LogP contribution in [0, 0.1) is 11.6 Å². The zero-order valence-corrected chi connectivity index (χ0v) is 12.6. The van der Waals surface area contributed by atoms with Gasteiger partial charge >= 0.3 is 0 Å². The van der Waals surface area contributed by atoms with Crippen LogP contribution >= 0.6 is 0 Å². The molecular weight excluding hydrogens is 272 g/mol. The summed E-state index contributed by atoms with van der Waals surface area (Å²) in [5, 5.41) is 0. The van der Waals surface area contributed by atoms with E-state index >= 15 is 0 Å². The first-order chi connectivity index (χ1) is 10.1. The second kappa shape index (κ2) is 7.64. The molecule has 0 bridgehead atoms. The summed E-state index contributed by atoms with van der Waals surface area (Å²) in [6.07, 6.45) is 6.38. The second-order valence-electron chi connectivity index (χ2n) is 5.69. The first-order valence-corrected chi connectivity index (χ1v) is 7.84. The Morgan fingerprint density at radius 1 is 1.24 bits per heavy atom. The Morgan fingerprint density at radius 2 is 1.95 bits per heavy atom. The van der Waals surface area contributed by atoms with Crippen molar-refractivity contribution in [1.82, 2.24) is 4.90 Å². The predicted molar refractivity (Wildman–Crippen MR) is 79.4 cm³/mol. The van der Waals surface area contributed by atoms with Crippen LogP contribution < -0.4 is 0 Å². The van der Waals surface area contributed by atoms with E-state index in [0.717, 1.165) is 12.6 Å². The Labute approximate surface area is 125 Å². The summed E-state index contributed by atoms with van der Waals surface area (Å²) < 4.78 is 26.8. The lowest BCUT2D eigenvalue weighted by Gasteiger charge is -2.33. The van der Waals surface area contributed by atoms with Crippen LogP contribution in [-0.2, 0) is 0 Å². The summed E-state index contributed by atoms with van der Waals surface area (Å²) in [7, 11) is 0. The van der Waals surface area contributed by atoms with Crippen molar-refractivity contribution in [3.8, 4) is 0 Å². The molecule has 1 saturated carbocycles. The molecule has 0 unspecified atom stereocenters. The monoisotopic (exact) mass is 295 g/mol. The van der Waals surface area contributed by atoms with E-state index in [4.69, 9.17) is 0 Å². The normalized spacial score (nSPS) is 16.4. The first kappa shape index (κ1) is 16.1. The zero-order valence-electron chi connectivity index (χ0n) is 12.6. The third-order valence-electron chi connectivity index (χ3n) is 4.38. The van der Waals surface area contributed by atoms with E-state index in [0.29, 0.717) is 12.6 Å². The number of hydrogen-bond donors (Lipinski definition) is 0. The molecular formula is C17H23F2NO. The van der Waals surface area contributed by atoms with E-state index in [1.165, 1.54) is 44.2 Å². The molecule has 1 aromatic carbocycles. The highest BCUT2D eigenvalue weighted by molar-refractivity contribution is 5.96. The summed E-state index contributed by atoms with van der Waals surface area (Å²) in [6, 6.07) is 4.31. The third-order valence-corrected chi connectivity index (χ3v) is 4.38. The lowest BCUT2D eigenvalue weighted by molar-refractivity contribution is 0.0934. The van der Waals surface area contributed by atoms with Crippen molar-refractivity contribution in [3.63, 3.8) is 0 Å². The Bertz CT molecular complexity index is 484. The van der Waals surface area contributed by atoms with Crippen molar-refractivity contribution in [2.75, 3.05) is 13.1 Å². The molecule has 2 rings (SSSR count). The fraction of sp³-hybridized carbons (Fsp3) is 0.588. The molecule has 0 amide bonds. The second-order valence-corrected chi connectivity index (χ2v) is 5.69. The fourth-order valence-corrected chi connectivity index (χ4v) is 3.14. The van der Waals surface area contributed by atoms with Gasteiger partial charge in [0, 0.05) is 19.0 Å². The van der Waals surface area contributed by atoms with Gasteiger partial charge in [-0.05, 0) is 31.5 Å². The molecule has 0 atom stereocenters. The Balaban J connectivity index is 1.94. The number of carbonyl (C=O) groups excluding carboxylic acids is 1. The van der Waals surface area contributed by atoms with Crippen LogP contribution in [0.5, 0.6) is 0 Å². The highest BCUT2D eigenvalue weighted by Crippen LogP contribution is 2.23. The van der Waals surface area contributed by atoms with E-state index < -0.39 is 11.6 Å². The molecule has 0 heterocycles. The molecule has 0 aromatic heterocycles. The molecule has 2 nitrogen and oxygen atoms in total. The lowest BCUT2D eigenvalue weighted by Crippen LogP contribution is -2.38. The largest absolute Gasteiger partial charge is 0.300 e. The van der Waals surface area contributed by atoms with Gasteiger partial charge in [-0.2, -0.15) is 0 Å². The van der Waals surface area contributed by atoms with Crippen LogP contribution in [0.1, 0.15) is 55.8 Å². The average Bonchev–Trinajstić information content (AvgIpc) is 2.51. The molecule has 4 heteroatoms. The van der Waals surface area contributed by atoms with Crippen LogP contribution in [0.15, 0.2) is 18.2 Å². The lowest BCUT2D eigenvalue weighted by atomic mass is 9.94. The van der Waals surface area contributed by atoms with Crippen molar-refractivity contribution in [1.29, 1.82) is 0 Å². The van der Waals surface area contributed by atoms with Gasteiger partial charge in [-0.25, -0.2) is 8.78 Å². The molecule has 21 heavy (non-hydrogen) atoms. The van der Waals surface area contributed by atoms with Crippen LogP contribution in [-0.4, -0.2) is 29.8 Å². The minimum absolute atomic E-state index is 0.130. The summed E-state index contributed by atoms with van der Waals surface area (Å²) in [6.45, 7) is 3.60. The van der Waals surface area contributed by atoms with Crippen LogP contribution in [0.3, 0.4) is 0 Å². The molecule has 0 radical (unpaired) electrons. The number of nitrogens with zero attached hydrogens (tertiary/aromatic N) is 1. The minimum atomic E-state index is -1.02. The zero-order chi connectivity index (χ0) is 15.2. The van der Waals surface area contributed by atoms with Gasteiger partial charge < -0.3 is 4.90 Å². The van der Waals surface area contributed by atoms with Gasteiger partial charge in [0.2, 0.25) is 0 Å². The molecule has 1 aliphatic carbocycles. The molecule has 116 valence electrons. The smallest absolute Gasteiger partial charge is 0.169 e. The highest BCUT2D eigenvalue weighted by Gasteiger charge is 2.21. The number of ketones is 1. The Kier molecular flexibility index (Phi) is 5.85. The maximum atomic E-state index is 13.6. The average molecular weight is 295 g/mol. The Morgan fingerprint density at radius 3 is 2.62 bits per heavy atom. The van der Waals surface area contributed by atoms with Gasteiger partial charge in [0.25, 0.3) is 0 Å². The maximum absolute atomic E-state index is 13.6. The van der Waals surface area contributed by atoms with Gasteiger partial charge in [0.05, 0.1) is 5.56 Å². The number of rotatable bonds is 6. The molecule has 1 fully saturated rings.